The Hall–Kier alpha value is -2.40. The van der Waals surface area contributed by atoms with Crippen LogP contribution in [0, 0.1) is 11.6 Å². The third-order valence-corrected chi connectivity index (χ3v) is 5.28. The molecule has 0 saturated carbocycles. The quantitative estimate of drug-likeness (QED) is 0.693. The monoisotopic (exact) mass is 355 g/mol. The Balaban J connectivity index is 1.30. The molecule has 0 aliphatic carbocycles. The Kier molecular flexibility index (Phi) is 4.89. The van der Waals surface area contributed by atoms with Crippen LogP contribution in [0.1, 0.15) is 24.3 Å². The first-order chi connectivity index (χ1) is 12.7. The molecule has 1 aliphatic rings. The summed E-state index contributed by atoms with van der Waals surface area (Å²) in [6, 6.07) is 11.5. The molecule has 1 aromatic heterocycles. The highest BCUT2D eigenvalue weighted by Crippen LogP contribution is 2.33. The van der Waals surface area contributed by atoms with Crippen molar-refractivity contribution in [3.63, 3.8) is 0 Å². The van der Waals surface area contributed by atoms with Crippen molar-refractivity contribution in [3.05, 3.63) is 65.9 Å². The van der Waals surface area contributed by atoms with Gasteiger partial charge < -0.3 is 15.2 Å². The number of rotatable bonds is 5. The van der Waals surface area contributed by atoms with Gasteiger partial charge in [-0.3, -0.25) is 0 Å². The number of fused-ring (bicyclic) bond motifs is 1. The van der Waals surface area contributed by atoms with Gasteiger partial charge in [-0.15, -0.1) is 0 Å². The van der Waals surface area contributed by atoms with E-state index >= 15 is 0 Å². The molecule has 0 amide bonds. The van der Waals surface area contributed by atoms with E-state index in [1.165, 1.54) is 23.8 Å². The van der Waals surface area contributed by atoms with E-state index in [0.29, 0.717) is 5.92 Å². The second kappa shape index (κ2) is 7.46. The summed E-state index contributed by atoms with van der Waals surface area (Å²) < 4.78 is 26.8. The number of aromatic amines is 1. The Morgan fingerprint density at radius 1 is 1.04 bits per heavy atom. The van der Waals surface area contributed by atoms with Gasteiger partial charge in [-0.2, -0.15) is 0 Å². The van der Waals surface area contributed by atoms with E-state index in [2.05, 4.69) is 15.2 Å². The van der Waals surface area contributed by atoms with Crippen molar-refractivity contribution in [3.8, 4) is 0 Å². The van der Waals surface area contributed by atoms with E-state index < -0.39 is 0 Å². The van der Waals surface area contributed by atoms with Crippen LogP contribution >= 0.6 is 0 Å². The minimum absolute atomic E-state index is 0.181. The zero-order valence-electron chi connectivity index (χ0n) is 14.6. The van der Waals surface area contributed by atoms with Crippen LogP contribution < -0.4 is 5.32 Å². The number of likely N-dealkylation sites (tertiary alicyclic amines) is 1. The number of hydrogen-bond donors (Lipinski definition) is 2. The maximum absolute atomic E-state index is 13.6. The molecule has 2 aromatic carbocycles. The van der Waals surface area contributed by atoms with Crippen molar-refractivity contribution < 1.29 is 8.78 Å². The summed E-state index contributed by atoms with van der Waals surface area (Å²) in [5, 5.41) is 4.28. The predicted octanol–water partition coefficient (Wildman–Crippen LogP) is 4.74. The maximum atomic E-state index is 13.6. The van der Waals surface area contributed by atoms with Gasteiger partial charge in [-0.1, -0.05) is 6.07 Å². The number of H-pyrrole nitrogens is 1. The molecule has 1 fully saturated rings. The molecular formula is C21H23F2N3. The fourth-order valence-electron chi connectivity index (χ4n) is 3.88. The molecule has 26 heavy (non-hydrogen) atoms. The Morgan fingerprint density at radius 3 is 2.65 bits per heavy atom. The molecule has 0 bridgehead atoms. The number of aromatic nitrogens is 1. The van der Waals surface area contributed by atoms with E-state index in [-0.39, 0.29) is 11.6 Å². The van der Waals surface area contributed by atoms with Crippen molar-refractivity contribution in [2.24, 2.45) is 0 Å². The number of benzene rings is 2. The SMILES string of the molecule is Fc1cccc(NCCN2CCC(c3c[nH]c4ccc(F)cc34)CC2)c1. The molecule has 2 N–H and O–H groups in total. The topological polar surface area (TPSA) is 31.1 Å². The van der Waals surface area contributed by atoms with Gasteiger partial charge in [0.15, 0.2) is 0 Å². The van der Waals surface area contributed by atoms with Crippen LogP contribution in [0.5, 0.6) is 0 Å². The Morgan fingerprint density at radius 2 is 1.85 bits per heavy atom. The summed E-state index contributed by atoms with van der Waals surface area (Å²) in [5.41, 5.74) is 3.06. The maximum Gasteiger partial charge on any atom is 0.125 e. The van der Waals surface area contributed by atoms with Crippen molar-refractivity contribution in [1.29, 1.82) is 0 Å². The van der Waals surface area contributed by atoms with Crippen molar-refractivity contribution in [2.75, 3.05) is 31.5 Å². The summed E-state index contributed by atoms with van der Waals surface area (Å²) in [4.78, 5) is 5.69. The average Bonchev–Trinajstić information content (AvgIpc) is 3.05. The molecule has 4 rings (SSSR count). The summed E-state index contributed by atoms with van der Waals surface area (Å²) in [6.45, 7) is 3.78. The second-order valence-corrected chi connectivity index (χ2v) is 6.99. The molecule has 1 saturated heterocycles. The van der Waals surface area contributed by atoms with Crippen molar-refractivity contribution in [1.82, 2.24) is 9.88 Å². The normalized spacial score (nSPS) is 16.2. The molecule has 3 aromatic rings. The van der Waals surface area contributed by atoms with E-state index in [9.17, 15) is 8.78 Å². The first kappa shape index (κ1) is 17.0. The number of anilines is 1. The summed E-state index contributed by atoms with van der Waals surface area (Å²) >= 11 is 0. The molecule has 3 nitrogen and oxygen atoms in total. The number of hydrogen-bond acceptors (Lipinski definition) is 2. The smallest absolute Gasteiger partial charge is 0.125 e. The van der Waals surface area contributed by atoms with E-state index in [1.54, 1.807) is 18.2 Å². The highest BCUT2D eigenvalue weighted by molar-refractivity contribution is 5.83. The molecule has 136 valence electrons. The number of halogens is 2. The van der Waals surface area contributed by atoms with Gasteiger partial charge in [0, 0.05) is 35.9 Å². The summed E-state index contributed by atoms with van der Waals surface area (Å²) in [6.07, 6.45) is 4.18. The van der Waals surface area contributed by atoms with Gasteiger partial charge in [-0.05, 0) is 73.8 Å². The van der Waals surface area contributed by atoms with E-state index in [0.717, 1.165) is 55.6 Å². The Bertz CT molecular complexity index is 882. The number of nitrogens with one attached hydrogen (secondary N) is 2. The van der Waals surface area contributed by atoms with E-state index in [1.807, 2.05) is 12.3 Å². The third-order valence-electron chi connectivity index (χ3n) is 5.28. The van der Waals surface area contributed by atoms with Crippen molar-refractivity contribution >= 4 is 16.6 Å². The van der Waals surface area contributed by atoms with Gasteiger partial charge in [0.25, 0.3) is 0 Å². The van der Waals surface area contributed by atoms with Crippen LogP contribution in [0.25, 0.3) is 10.9 Å². The highest BCUT2D eigenvalue weighted by atomic mass is 19.1. The first-order valence-corrected chi connectivity index (χ1v) is 9.17. The zero-order chi connectivity index (χ0) is 17.9. The highest BCUT2D eigenvalue weighted by Gasteiger charge is 2.22. The van der Waals surface area contributed by atoms with Crippen molar-refractivity contribution in [2.45, 2.75) is 18.8 Å². The fraction of sp³-hybridized carbons (Fsp3) is 0.333. The molecule has 5 heteroatoms. The standard InChI is InChI=1S/C21H23F2N3/c22-16-2-1-3-18(12-16)24-8-11-26-9-6-15(7-10-26)20-14-25-21-5-4-17(23)13-19(20)21/h1-5,12-15,24-25H,6-11H2. The van der Waals surface area contributed by atoms with Crippen LogP contribution in [0.4, 0.5) is 14.5 Å². The molecule has 0 atom stereocenters. The lowest BCUT2D eigenvalue weighted by Crippen LogP contribution is -2.36. The summed E-state index contributed by atoms with van der Waals surface area (Å²) in [7, 11) is 0. The Labute approximate surface area is 152 Å². The predicted molar refractivity (Wildman–Crippen MR) is 102 cm³/mol. The van der Waals surface area contributed by atoms with Crippen LogP contribution in [0.2, 0.25) is 0 Å². The van der Waals surface area contributed by atoms with Gasteiger partial charge in [0.1, 0.15) is 11.6 Å². The van der Waals surface area contributed by atoms with E-state index in [4.69, 9.17) is 0 Å². The lowest BCUT2D eigenvalue weighted by Gasteiger charge is -2.32. The summed E-state index contributed by atoms with van der Waals surface area (Å²) in [5.74, 6) is 0.0724. The van der Waals surface area contributed by atoms with Crippen LogP contribution in [-0.4, -0.2) is 36.1 Å². The fourth-order valence-corrected chi connectivity index (χ4v) is 3.88. The minimum atomic E-state index is -0.217. The second-order valence-electron chi connectivity index (χ2n) is 6.99. The van der Waals surface area contributed by atoms with Gasteiger partial charge >= 0.3 is 0 Å². The molecule has 2 heterocycles. The third kappa shape index (κ3) is 3.73. The van der Waals surface area contributed by atoms with Gasteiger partial charge in [-0.25, -0.2) is 8.78 Å². The van der Waals surface area contributed by atoms with Crippen LogP contribution in [-0.2, 0) is 0 Å². The molecule has 1 aliphatic heterocycles. The largest absolute Gasteiger partial charge is 0.384 e. The molecule has 0 radical (unpaired) electrons. The van der Waals surface area contributed by atoms with Gasteiger partial charge in [0.05, 0.1) is 0 Å². The van der Waals surface area contributed by atoms with Crippen LogP contribution in [0.15, 0.2) is 48.7 Å². The van der Waals surface area contributed by atoms with Gasteiger partial charge in [0.2, 0.25) is 0 Å². The first-order valence-electron chi connectivity index (χ1n) is 9.17. The van der Waals surface area contributed by atoms with Crippen LogP contribution in [0.3, 0.4) is 0 Å². The lowest BCUT2D eigenvalue weighted by molar-refractivity contribution is 0.220. The molecular weight excluding hydrogens is 332 g/mol. The average molecular weight is 355 g/mol. The molecule has 0 spiro atoms. The number of piperidine rings is 1. The number of nitrogens with zero attached hydrogens (tertiary/aromatic N) is 1. The zero-order valence-corrected chi connectivity index (χ0v) is 14.6. The lowest BCUT2D eigenvalue weighted by atomic mass is 9.89. The minimum Gasteiger partial charge on any atom is -0.384 e. The molecule has 0 unspecified atom stereocenters.